The Labute approximate surface area is 211 Å². The van der Waals surface area contributed by atoms with E-state index < -0.39 is 0 Å². The zero-order chi connectivity index (χ0) is 25.2. The van der Waals surface area contributed by atoms with Crippen LogP contribution in [0.2, 0.25) is 0 Å². The molecular formula is C28H32N6O2. The number of carbonyl (C=O) groups is 1. The molecule has 0 atom stereocenters. The third kappa shape index (κ3) is 4.68. The molecule has 0 radical (unpaired) electrons. The van der Waals surface area contributed by atoms with E-state index in [1.807, 2.05) is 47.7 Å². The van der Waals surface area contributed by atoms with E-state index in [-0.39, 0.29) is 5.91 Å². The number of amides is 1. The van der Waals surface area contributed by atoms with Gasteiger partial charge < -0.3 is 14.5 Å². The second-order valence-corrected chi connectivity index (χ2v) is 9.43. The summed E-state index contributed by atoms with van der Waals surface area (Å²) in [5.41, 5.74) is 5.67. The number of hydrogen-bond donors (Lipinski definition) is 0. The van der Waals surface area contributed by atoms with E-state index in [2.05, 4.69) is 36.1 Å². The Morgan fingerprint density at radius 1 is 0.889 bits per heavy atom. The lowest BCUT2D eigenvalue weighted by Crippen LogP contribution is -2.35. The molecule has 8 heteroatoms. The lowest BCUT2D eigenvalue weighted by molar-refractivity contribution is 0.0767. The van der Waals surface area contributed by atoms with E-state index in [1.165, 1.54) is 5.56 Å². The van der Waals surface area contributed by atoms with E-state index in [4.69, 9.17) is 19.8 Å². The third-order valence-electron chi connectivity index (χ3n) is 6.66. The molecule has 1 aliphatic rings. The standard InChI is InChI=1S/C28H32N6O2/c1-19-6-10-22(11-7-19)28(35)33-15-5-14-32(16-17-33)26-25-21(3)31-34(23-12-8-20(2)9-13-23)27(25)30-24(29-26)18-36-4/h6-13H,5,14-18H2,1-4H3. The Morgan fingerprint density at radius 2 is 1.58 bits per heavy atom. The summed E-state index contributed by atoms with van der Waals surface area (Å²) in [5.74, 6) is 1.55. The quantitative estimate of drug-likeness (QED) is 0.422. The highest BCUT2D eigenvalue weighted by Gasteiger charge is 2.25. The van der Waals surface area contributed by atoms with Crippen LogP contribution in [0.4, 0.5) is 5.82 Å². The number of methoxy groups -OCH3 is 1. The van der Waals surface area contributed by atoms with Crippen LogP contribution in [0.15, 0.2) is 48.5 Å². The van der Waals surface area contributed by atoms with Crippen LogP contribution in [0.1, 0.15) is 39.4 Å². The van der Waals surface area contributed by atoms with E-state index in [0.29, 0.717) is 32.1 Å². The first kappa shape index (κ1) is 23.9. The Hall–Kier alpha value is -3.78. The molecule has 186 valence electrons. The number of benzene rings is 2. The Balaban J connectivity index is 1.49. The highest BCUT2D eigenvalue weighted by Crippen LogP contribution is 2.30. The summed E-state index contributed by atoms with van der Waals surface area (Å²) in [6, 6.07) is 16.1. The fraction of sp³-hybridized carbons (Fsp3) is 0.357. The lowest BCUT2D eigenvalue weighted by Gasteiger charge is -2.24. The summed E-state index contributed by atoms with van der Waals surface area (Å²) in [6.45, 7) is 9.23. The normalized spacial score (nSPS) is 14.3. The predicted molar refractivity (Wildman–Crippen MR) is 141 cm³/mol. The zero-order valence-electron chi connectivity index (χ0n) is 21.4. The molecule has 0 unspecified atom stereocenters. The van der Waals surface area contributed by atoms with Crippen molar-refractivity contribution in [1.29, 1.82) is 0 Å². The van der Waals surface area contributed by atoms with Crippen molar-refractivity contribution >= 4 is 22.8 Å². The first-order valence-corrected chi connectivity index (χ1v) is 12.4. The Morgan fingerprint density at radius 3 is 2.28 bits per heavy atom. The number of hydrogen-bond acceptors (Lipinski definition) is 6. The van der Waals surface area contributed by atoms with Gasteiger partial charge in [-0.05, 0) is 51.5 Å². The van der Waals surface area contributed by atoms with E-state index >= 15 is 0 Å². The van der Waals surface area contributed by atoms with Gasteiger partial charge in [0.1, 0.15) is 12.4 Å². The summed E-state index contributed by atoms with van der Waals surface area (Å²) >= 11 is 0. The second kappa shape index (κ2) is 10.1. The summed E-state index contributed by atoms with van der Waals surface area (Å²) in [7, 11) is 1.65. The van der Waals surface area contributed by atoms with Crippen LogP contribution < -0.4 is 4.90 Å². The largest absolute Gasteiger partial charge is 0.377 e. The van der Waals surface area contributed by atoms with Crippen LogP contribution >= 0.6 is 0 Å². The zero-order valence-corrected chi connectivity index (χ0v) is 21.4. The Kier molecular flexibility index (Phi) is 6.69. The van der Waals surface area contributed by atoms with Crippen molar-refractivity contribution in [3.63, 3.8) is 0 Å². The number of aryl methyl sites for hydroxylation is 3. The molecule has 2 aromatic carbocycles. The van der Waals surface area contributed by atoms with E-state index in [0.717, 1.165) is 52.3 Å². The maximum atomic E-state index is 13.1. The molecule has 0 spiro atoms. The summed E-state index contributed by atoms with van der Waals surface area (Å²) in [6.07, 6.45) is 0.855. The average molecular weight is 485 g/mol. The van der Waals surface area contributed by atoms with Gasteiger partial charge in [-0.15, -0.1) is 0 Å². The molecule has 0 bridgehead atoms. The molecule has 2 aromatic heterocycles. The monoisotopic (exact) mass is 484 g/mol. The van der Waals surface area contributed by atoms with Gasteiger partial charge >= 0.3 is 0 Å². The van der Waals surface area contributed by atoms with Gasteiger partial charge in [0.05, 0.1) is 16.8 Å². The number of rotatable bonds is 5. The third-order valence-corrected chi connectivity index (χ3v) is 6.66. The van der Waals surface area contributed by atoms with Gasteiger partial charge in [0.25, 0.3) is 5.91 Å². The SMILES string of the molecule is COCc1nc(N2CCCN(C(=O)c3ccc(C)cc3)CC2)c2c(C)nn(-c3ccc(C)cc3)c2n1. The van der Waals surface area contributed by atoms with Crippen molar-refractivity contribution in [3.05, 3.63) is 76.7 Å². The van der Waals surface area contributed by atoms with Gasteiger partial charge in [0, 0.05) is 38.9 Å². The molecule has 8 nitrogen and oxygen atoms in total. The minimum Gasteiger partial charge on any atom is -0.377 e. The van der Waals surface area contributed by atoms with Crippen LogP contribution in [0.3, 0.4) is 0 Å². The summed E-state index contributed by atoms with van der Waals surface area (Å²) in [5, 5.41) is 5.78. The number of ether oxygens (including phenoxy) is 1. The van der Waals surface area contributed by atoms with Gasteiger partial charge in [0.15, 0.2) is 11.5 Å². The smallest absolute Gasteiger partial charge is 0.253 e. The highest BCUT2D eigenvalue weighted by atomic mass is 16.5. The lowest BCUT2D eigenvalue weighted by atomic mass is 10.1. The molecule has 1 fully saturated rings. The molecule has 36 heavy (non-hydrogen) atoms. The van der Waals surface area contributed by atoms with Crippen molar-refractivity contribution < 1.29 is 9.53 Å². The number of carbonyl (C=O) groups excluding carboxylic acids is 1. The summed E-state index contributed by atoms with van der Waals surface area (Å²) in [4.78, 5) is 27.1. The van der Waals surface area contributed by atoms with E-state index in [1.54, 1.807) is 7.11 Å². The van der Waals surface area contributed by atoms with Crippen LogP contribution in [0.5, 0.6) is 0 Å². The molecule has 3 heterocycles. The van der Waals surface area contributed by atoms with Crippen molar-refractivity contribution in [1.82, 2.24) is 24.6 Å². The maximum absolute atomic E-state index is 13.1. The molecule has 4 aromatic rings. The van der Waals surface area contributed by atoms with Crippen LogP contribution in [0, 0.1) is 20.8 Å². The summed E-state index contributed by atoms with van der Waals surface area (Å²) < 4.78 is 7.28. The van der Waals surface area contributed by atoms with Crippen molar-refractivity contribution in [2.75, 3.05) is 38.2 Å². The van der Waals surface area contributed by atoms with Crippen molar-refractivity contribution in [3.8, 4) is 5.69 Å². The van der Waals surface area contributed by atoms with Crippen LogP contribution in [-0.4, -0.2) is 63.8 Å². The predicted octanol–water partition coefficient (Wildman–Crippen LogP) is 4.24. The number of fused-ring (bicyclic) bond motifs is 1. The molecule has 0 N–H and O–H groups in total. The first-order valence-electron chi connectivity index (χ1n) is 12.4. The van der Waals surface area contributed by atoms with Crippen LogP contribution in [0.25, 0.3) is 16.7 Å². The molecular weight excluding hydrogens is 452 g/mol. The van der Waals surface area contributed by atoms with Gasteiger partial charge in [-0.1, -0.05) is 35.4 Å². The number of aromatic nitrogens is 4. The topological polar surface area (TPSA) is 76.4 Å². The van der Waals surface area contributed by atoms with Gasteiger partial charge in [-0.2, -0.15) is 5.10 Å². The van der Waals surface area contributed by atoms with Crippen molar-refractivity contribution in [2.24, 2.45) is 0 Å². The average Bonchev–Trinajstić information content (AvgIpc) is 3.04. The van der Waals surface area contributed by atoms with Crippen LogP contribution in [-0.2, 0) is 11.3 Å². The number of anilines is 1. The fourth-order valence-electron chi connectivity index (χ4n) is 4.71. The second-order valence-electron chi connectivity index (χ2n) is 9.43. The molecule has 5 rings (SSSR count). The van der Waals surface area contributed by atoms with Gasteiger partial charge in [-0.3, -0.25) is 4.79 Å². The first-order chi connectivity index (χ1) is 17.4. The molecule has 1 amide bonds. The maximum Gasteiger partial charge on any atom is 0.253 e. The van der Waals surface area contributed by atoms with Gasteiger partial charge in [-0.25, -0.2) is 14.6 Å². The molecule has 0 aliphatic carbocycles. The fourth-order valence-corrected chi connectivity index (χ4v) is 4.71. The number of nitrogens with zero attached hydrogens (tertiary/aromatic N) is 6. The van der Waals surface area contributed by atoms with E-state index in [9.17, 15) is 4.79 Å². The van der Waals surface area contributed by atoms with Crippen molar-refractivity contribution in [2.45, 2.75) is 33.8 Å². The van der Waals surface area contributed by atoms with Gasteiger partial charge in [0.2, 0.25) is 0 Å². The minimum atomic E-state index is 0.0770. The highest BCUT2D eigenvalue weighted by molar-refractivity contribution is 5.94. The molecule has 1 aliphatic heterocycles. The molecule has 1 saturated heterocycles. The molecule has 0 saturated carbocycles. The minimum absolute atomic E-state index is 0.0770. The Bertz CT molecular complexity index is 1380.